The summed E-state index contributed by atoms with van der Waals surface area (Å²) in [5.41, 5.74) is 0. The molecule has 1 saturated carbocycles. The molecule has 0 bridgehead atoms. The van der Waals surface area contributed by atoms with Gasteiger partial charge in [-0.05, 0) is 31.0 Å². The topological polar surface area (TPSA) is 66.4 Å². The lowest BCUT2D eigenvalue weighted by Gasteiger charge is -2.28. The van der Waals surface area contributed by atoms with Crippen LogP contribution in [0, 0.1) is 0 Å². The summed E-state index contributed by atoms with van der Waals surface area (Å²) < 4.78 is 26.8. The molecule has 1 fully saturated rings. The Bertz CT molecular complexity index is 518. The van der Waals surface area contributed by atoms with Gasteiger partial charge in [-0.3, -0.25) is 0 Å². The zero-order valence-electron chi connectivity index (χ0n) is 9.84. The third-order valence-electron chi connectivity index (χ3n) is 3.14. The van der Waals surface area contributed by atoms with Crippen molar-refractivity contribution in [3.63, 3.8) is 0 Å². The fourth-order valence-electron chi connectivity index (χ4n) is 2.15. The number of benzene rings is 1. The van der Waals surface area contributed by atoms with Crippen molar-refractivity contribution in [3.05, 3.63) is 29.3 Å². The van der Waals surface area contributed by atoms with Gasteiger partial charge < -0.3 is 5.11 Å². The maximum atomic E-state index is 12.1. The van der Waals surface area contributed by atoms with Gasteiger partial charge in [-0.25, -0.2) is 13.1 Å². The van der Waals surface area contributed by atoms with Crippen molar-refractivity contribution in [1.82, 2.24) is 4.72 Å². The first-order chi connectivity index (χ1) is 8.49. The molecule has 0 amide bonds. The number of rotatable bonds is 3. The number of halogens is 1. The normalized spacial score (nSPS) is 25.0. The lowest BCUT2D eigenvalue weighted by Crippen LogP contribution is -2.44. The third kappa shape index (κ3) is 3.23. The van der Waals surface area contributed by atoms with Gasteiger partial charge in [0.1, 0.15) is 0 Å². The Morgan fingerprint density at radius 1 is 1.28 bits per heavy atom. The number of aliphatic hydroxyl groups is 1. The summed E-state index contributed by atoms with van der Waals surface area (Å²) in [6.07, 6.45) is 2.58. The van der Waals surface area contributed by atoms with Crippen molar-refractivity contribution >= 4 is 21.6 Å². The molecule has 1 aliphatic carbocycles. The molecule has 1 aromatic carbocycles. The minimum absolute atomic E-state index is 0.132. The van der Waals surface area contributed by atoms with Gasteiger partial charge in [0.15, 0.2) is 0 Å². The second-order valence-corrected chi connectivity index (χ2v) is 6.69. The van der Waals surface area contributed by atoms with E-state index in [1.165, 1.54) is 12.1 Å². The van der Waals surface area contributed by atoms with Crippen molar-refractivity contribution in [1.29, 1.82) is 0 Å². The Morgan fingerprint density at radius 3 is 2.67 bits per heavy atom. The maximum absolute atomic E-state index is 12.1. The summed E-state index contributed by atoms with van der Waals surface area (Å²) in [5.74, 6) is 0. The zero-order valence-corrected chi connectivity index (χ0v) is 11.4. The van der Waals surface area contributed by atoms with Gasteiger partial charge in [-0.2, -0.15) is 0 Å². The fourth-order valence-corrected chi connectivity index (χ4v) is 3.75. The quantitative estimate of drug-likeness (QED) is 0.893. The SMILES string of the molecule is O=S(=O)(NC1CCCCC1O)c1cccc(Cl)c1. The molecule has 0 spiro atoms. The summed E-state index contributed by atoms with van der Waals surface area (Å²) in [4.78, 5) is 0.132. The molecule has 100 valence electrons. The van der Waals surface area contributed by atoms with E-state index in [0.29, 0.717) is 17.9 Å². The number of sulfonamides is 1. The summed E-state index contributed by atoms with van der Waals surface area (Å²) in [5, 5.41) is 10.2. The van der Waals surface area contributed by atoms with Gasteiger partial charge in [-0.15, -0.1) is 0 Å². The van der Waals surface area contributed by atoms with Crippen LogP contribution in [0.2, 0.25) is 5.02 Å². The Labute approximate surface area is 112 Å². The Balaban J connectivity index is 2.16. The molecule has 4 nitrogen and oxygen atoms in total. The monoisotopic (exact) mass is 289 g/mol. The second-order valence-electron chi connectivity index (χ2n) is 4.54. The molecule has 0 heterocycles. The smallest absolute Gasteiger partial charge is 0.240 e. The molecule has 0 aromatic heterocycles. The minimum Gasteiger partial charge on any atom is -0.391 e. The van der Waals surface area contributed by atoms with Crippen LogP contribution in [0.15, 0.2) is 29.2 Å². The molecule has 2 N–H and O–H groups in total. The van der Waals surface area contributed by atoms with E-state index in [-0.39, 0.29) is 4.90 Å². The van der Waals surface area contributed by atoms with Crippen LogP contribution >= 0.6 is 11.6 Å². The molecule has 2 atom stereocenters. The van der Waals surface area contributed by atoms with Crippen LogP contribution in [-0.4, -0.2) is 25.7 Å². The first kappa shape index (κ1) is 13.8. The van der Waals surface area contributed by atoms with E-state index in [9.17, 15) is 13.5 Å². The number of nitrogens with one attached hydrogen (secondary N) is 1. The molecule has 0 radical (unpaired) electrons. The predicted octanol–water partition coefficient (Wildman–Crippen LogP) is 1.92. The largest absolute Gasteiger partial charge is 0.391 e. The molecule has 0 saturated heterocycles. The number of hydrogen-bond donors (Lipinski definition) is 2. The van der Waals surface area contributed by atoms with E-state index in [2.05, 4.69) is 4.72 Å². The van der Waals surface area contributed by atoms with Crippen molar-refractivity contribution in [2.75, 3.05) is 0 Å². The summed E-state index contributed by atoms with van der Waals surface area (Å²) in [7, 11) is -3.61. The molecule has 18 heavy (non-hydrogen) atoms. The van der Waals surface area contributed by atoms with Gasteiger partial charge in [0.05, 0.1) is 11.0 Å². The highest BCUT2D eigenvalue weighted by atomic mass is 35.5. The van der Waals surface area contributed by atoms with Crippen LogP contribution in [0.1, 0.15) is 25.7 Å². The highest BCUT2D eigenvalue weighted by molar-refractivity contribution is 7.89. The molecule has 2 rings (SSSR count). The highest BCUT2D eigenvalue weighted by Crippen LogP contribution is 2.21. The van der Waals surface area contributed by atoms with Crippen molar-refractivity contribution in [3.8, 4) is 0 Å². The van der Waals surface area contributed by atoms with Crippen LogP contribution in [0.5, 0.6) is 0 Å². The molecule has 1 aromatic rings. The van der Waals surface area contributed by atoms with Crippen LogP contribution in [0.3, 0.4) is 0 Å². The van der Waals surface area contributed by atoms with E-state index < -0.39 is 22.2 Å². The van der Waals surface area contributed by atoms with Gasteiger partial charge in [0.2, 0.25) is 10.0 Å². The Morgan fingerprint density at radius 2 is 2.00 bits per heavy atom. The van der Waals surface area contributed by atoms with Crippen molar-refractivity contribution in [2.45, 2.75) is 42.7 Å². The van der Waals surface area contributed by atoms with Crippen LogP contribution < -0.4 is 4.72 Å². The lowest BCUT2D eigenvalue weighted by atomic mass is 9.93. The molecular formula is C12H16ClNO3S. The lowest BCUT2D eigenvalue weighted by molar-refractivity contribution is 0.101. The van der Waals surface area contributed by atoms with Crippen LogP contribution in [0.4, 0.5) is 0 Å². The predicted molar refractivity (Wildman–Crippen MR) is 70.0 cm³/mol. The van der Waals surface area contributed by atoms with E-state index in [0.717, 1.165) is 12.8 Å². The average molecular weight is 290 g/mol. The fraction of sp³-hybridized carbons (Fsp3) is 0.500. The Kier molecular flexibility index (Phi) is 4.27. The van der Waals surface area contributed by atoms with Crippen LogP contribution in [-0.2, 0) is 10.0 Å². The Hall–Kier alpha value is -0.620. The van der Waals surface area contributed by atoms with E-state index in [1.807, 2.05) is 0 Å². The summed E-state index contributed by atoms with van der Waals surface area (Å²) in [6.45, 7) is 0. The van der Waals surface area contributed by atoms with Gasteiger partial charge in [-0.1, -0.05) is 30.5 Å². The standard InChI is InChI=1S/C12H16ClNO3S/c13-9-4-3-5-10(8-9)18(16,17)14-11-6-1-2-7-12(11)15/h3-5,8,11-12,14-15H,1-2,6-7H2. The van der Waals surface area contributed by atoms with Crippen molar-refractivity contribution < 1.29 is 13.5 Å². The van der Waals surface area contributed by atoms with E-state index >= 15 is 0 Å². The highest BCUT2D eigenvalue weighted by Gasteiger charge is 2.28. The second kappa shape index (κ2) is 5.57. The minimum atomic E-state index is -3.61. The molecule has 0 aliphatic heterocycles. The molecular weight excluding hydrogens is 274 g/mol. The molecule has 1 aliphatic rings. The van der Waals surface area contributed by atoms with Crippen LogP contribution in [0.25, 0.3) is 0 Å². The summed E-state index contributed by atoms with van der Waals surface area (Å²) >= 11 is 5.78. The van der Waals surface area contributed by atoms with Crippen molar-refractivity contribution in [2.24, 2.45) is 0 Å². The summed E-state index contributed by atoms with van der Waals surface area (Å²) in [6, 6.07) is 5.70. The van der Waals surface area contributed by atoms with Gasteiger partial charge in [0.25, 0.3) is 0 Å². The first-order valence-electron chi connectivity index (χ1n) is 5.95. The molecule has 6 heteroatoms. The van der Waals surface area contributed by atoms with Gasteiger partial charge >= 0.3 is 0 Å². The van der Waals surface area contributed by atoms with E-state index in [1.54, 1.807) is 12.1 Å². The first-order valence-corrected chi connectivity index (χ1v) is 7.81. The zero-order chi connectivity index (χ0) is 13.2. The molecule has 2 unspecified atom stereocenters. The third-order valence-corrected chi connectivity index (χ3v) is 4.87. The average Bonchev–Trinajstić information content (AvgIpc) is 2.32. The number of aliphatic hydroxyl groups excluding tert-OH is 1. The van der Waals surface area contributed by atoms with Gasteiger partial charge in [0, 0.05) is 11.1 Å². The van der Waals surface area contributed by atoms with E-state index in [4.69, 9.17) is 11.6 Å². The maximum Gasteiger partial charge on any atom is 0.240 e. The number of hydrogen-bond acceptors (Lipinski definition) is 3.